The normalized spacial score (nSPS) is 12.8. The van der Waals surface area contributed by atoms with Crippen molar-refractivity contribution in [3.63, 3.8) is 0 Å². The zero-order chi connectivity index (χ0) is 24.2. The number of nitrogens with zero attached hydrogens (tertiary/aromatic N) is 3. The minimum Gasteiger partial charge on any atom is -0.329 e. The number of carbonyl (C=O) groups excluding carboxylic acids is 2. The van der Waals surface area contributed by atoms with Crippen molar-refractivity contribution in [1.82, 2.24) is 14.5 Å². The van der Waals surface area contributed by atoms with Gasteiger partial charge in [0.15, 0.2) is 0 Å². The van der Waals surface area contributed by atoms with Gasteiger partial charge in [-0.05, 0) is 37.5 Å². The minimum absolute atomic E-state index is 0.0222. The van der Waals surface area contributed by atoms with Crippen LogP contribution in [0.3, 0.4) is 0 Å². The van der Waals surface area contributed by atoms with Gasteiger partial charge in [-0.1, -0.05) is 78.4 Å². The number of carbonyl (C=O) groups is 2. The van der Waals surface area contributed by atoms with Gasteiger partial charge in [0, 0.05) is 29.9 Å². The van der Waals surface area contributed by atoms with Gasteiger partial charge >= 0.3 is 0 Å². The highest BCUT2D eigenvalue weighted by molar-refractivity contribution is 5.94. The van der Waals surface area contributed by atoms with E-state index in [0.717, 1.165) is 40.9 Å². The Bertz CT molecular complexity index is 1310. The van der Waals surface area contributed by atoms with E-state index in [1.807, 2.05) is 103 Å². The summed E-state index contributed by atoms with van der Waals surface area (Å²) in [7, 11) is 0. The SMILES string of the molecule is Cc1ccc(-n2cc(-c3ccccc3)nc2NC(=O)CN(Cc2ccccc2)C(=O)C2CC2)cc1. The maximum atomic E-state index is 13.2. The Kier molecular flexibility index (Phi) is 6.44. The monoisotopic (exact) mass is 464 g/mol. The first-order valence-electron chi connectivity index (χ1n) is 11.9. The molecule has 0 unspecified atom stereocenters. The van der Waals surface area contributed by atoms with Crippen LogP contribution in [-0.4, -0.2) is 32.8 Å². The zero-order valence-electron chi connectivity index (χ0n) is 19.7. The van der Waals surface area contributed by atoms with Crippen LogP contribution in [0.25, 0.3) is 16.9 Å². The molecule has 1 heterocycles. The molecule has 176 valence electrons. The van der Waals surface area contributed by atoms with E-state index in [-0.39, 0.29) is 24.3 Å². The maximum absolute atomic E-state index is 13.2. The summed E-state index contributed by atoms with van der Waals surface area (Å²) in [5.74, 6) is 0.228. The van der Waals surface area contributed by atoms with E-state index in [1.165, 1.54) is 0 Å². The van der Waals surface area contributed by atoms with Gasteiger partial charge in [0.25, 0.3) is 0 Å². The number of hydrogen-bond donors (Lipinski definition) is 1. The predicted molar refractivity (Wildman–Crippen MR) is 137 cm³/mol. The molecule has 1 fully saturated rings. The molecule has 1 aliphatic rings. The number of amides is 2. The van der Waals surface area contributed by atoms with Crippen molar-refractivity contribution in [2.75, 3.05) is 11.9 Å². The highest BCUT2D eigenvalue weighted by Gasteiger charge is 2.34. The van der Waals surface area contributed by atoms with Gasteiger partial charge in [0.1, 0.15) is 6.54 Å². The number of rotatable bonds is 8. The largest absolute Gasteiger partial charge is 0.329 e. The summed E-state index contributed by atoms with van der Waals surface area (Å²) >= 11 is 0. The average Bonchev–Trinajstić information content (AvgIpc) is 3.65. The van der Waals surface area contributed by atoms with Crippen LogP contribution in [0.1, 0.15) is 24.0 Å². The molecule has 1 N–H and O–H groups in total. The molecule has 1 aromatic heterocycles. The second-order valence-corrected chi connectivity index (χ2v) is 9.02. The summed E-state index contributed by atoms with van der Waals surface area (Å²) in [6.07, 6.45) is 3.71. The van der Waals surface area contributed by atoms with Crippen LogP contribution in [-0.2, 0) is 16.1 Å². The average molecular weight is 465 g/mol. The van der Waals surface area contributed by atoms with Crippen molar-refractivity contribution >= 4 is 17.8 Å². The Labute approximate surface area is 205 Å². The van der Waals surface area contributed by atoms with Crippen LogP contribution in [0, 0.1) is 12.8 Å². The third kappa shape index (κ3) is 5.49. The van der Waals surface area contributed by atoms with Gasteiger partial charge in [0.05, 0.1) is 5.69 Å². The molecule has 0 atom stereocenters. The summed E-state index contributed by atoms with van der Waals surface area (Å²) in [5.41, 5.74) is 4.77. The lowest BCUT2D eigenvalue weighted by Gasteiger charge is -2.22. The Hall–Kier alpha value is -4.19. The van der Waals surface area contributed by atoms with Crippen molar-refractivity contribution in [2.45, 2.75) is 26.3 Å². The highest BCUT2D eigenvalue weighted by Crippen LogP contribution is 2.31. The standard InChI is InChI=1S/C29H28N4O2/c1-21-12-16-25(17-13-21)33-19-26(23-10-6-3-7-11-23)30-29(33)31-27(34)20-32(28(35)24-14-15-24)18-22-8-4-2-5-9-22/h2-13,16-17,19,24H,14-15,18,20H2,1H3,(H,30,31,34). The van der Waals surface area contributed by atoms with Gasteiger partial charge in [-0.3, -0.25) is 19.5 Å². The molecule has 5 rings (SSSR count). The molecule has 3 aromatic carbocycles. The van der Waals surface area contributed by atoms with E-state index in [4.69, 9.17) is 4.98 Å². The quantitative estimate of drug-likeness (QED) is 0.389. The number of nitrogens with one attached hydrogen (secondary N) is 1. The first kappa shape index (κ1) is 22.6. The smallest absolute Gasteiger partial charge is 0.246 e. The first-order valence-corrected chi connectivity index (χ1v) is 11.9. The lowest BCUT2D eigenvalue weighted by Crippen LogP contribution is -2.38. The number of benzene rings is 3. The van der Waals surface area contributed by atoms with Crippen molar-refractivity contribution in [1.29, 1.82) is 0 Å². The topological polar surface area (TPSA) is 67.2 Å². The molecule has 0 spiro atoms. The highest BCUT2D eigenvalue weighted by atomic mass is 16.2. The Morgan fingerprint density at radius 3 is 2.26 bits per heavy atom. The summed E-state index contributed by atoms with van der Waals surface area (Å²) in [6.45, 7) is 2.42. The number of imidazole rings is 1. The minimum atomic E-state index is -0.270. The van der Waals surface area contributed by atoms with E-state index in [0.29, 0.717) is 12.5 Å². The Balaban J connectivity index is 1.40. The molecule has 0 bridgehead atoms. The molecule has 0 radical (unpaired) electrons. The number of aromatic nitrogens is 2. The fraction of sp³-hybridized carbons (Fsp3) is 0.207. The van der Waals surface area contributed by atoms with Crippen LogP contribution in [0.4, 0.5) is 5.95 Å². The van der Waals surface area contributed by atoms with Gasteiger partial charge in [-0.25, -0.2) is 4.98 Å². The molecule has 4 aromatic rings. The fourth-order valence-corrected chi connectivity index (χ4v) is 4.06. The van der Waals surface area contributed by atoms with Gasteiger partial charge in [-0.15, -0.1) is 0 Å². The van der Waals surface area contributed by atoms with Crippen LogP contribution in [0.5, 0.6) is 0 Å². The van der Waals surface area contributed by atoms with Crippen molar-refractivity contribution < 1.29 is 9.59 Å². The Morgan fingerprint density at radius 2 is 1.60 bits per heavy atom. The summed E-state index contributed by atoms with van der Waals surface area (Å²) in [6, 6.07) is 27.7. The summed E-state index contributed by atoms with van der Waals surface area (Å²) in [4.78, 5) is 32.5. The molecule has 1 aliphatic carbocycles. The second kappa shape index (κ2) is 9.97. The second-order valence-electron chi connectivity index (χ2n) is 9.02. The van der Waals surface area contributed by atoms with Crippen molar-refractivity contribution in [3.8, 4) is 16.9 Å². The number of aryl methyl sites for hydroxylation is 1. The molecular formula is C29H28N4O2. The fourth-order valence-electron chi connectivity index (χ4n) is 4.06. The maximum Gasteiger partial charge on any atom is 0.246 e. The van der Waals surface area contributed by atoms with Crippen LogP contribution >= 0.6 is 0 Å². The molecular weight excluding hydrogens is 436 g/mol. The van der Waals surface area contributed by atoms with Crippen LogP contribution < -0.4 is 5.32 Å². The molecule has 0 aliphatic heterocycles. The molecule has 6 heteroatoms. The molecule has 6 nitrogen and oxygen atoms in total. The van der Waals surface area contributed by atoms with E-state index >= 15 is 0 Å². The van der Waals surface area contributed by atoms with E-state index in [9.17, 15) is 9.59 Å². The summed E-state index contributed by atoms with van der Waals surface area (Å²) < 4.78 is 1.88. The molecule has 1 saturated carbocycles. The van der Waals surface area contributed by atoms with E-state index in [2.05, 4.69) is 5.32 Å². The predicted octanol–water partition coefficient (Wildman–Crippen LogP) is 5.23. The summed E-state index contributed by atoms with van der Waals surface area (Å²) in [5, 5.41) is 2.96. The molecule has 0 saturated heterocycles. The van der Waals surface area contributed by atoms with Gasteiger partial charge < -0.3 is 4.90 Å². The van der Waals surface area contributed by atoms with Gasteiger partial charge in [-0.2, -0.15) is 0 Å². The molecule has 2 amide bonds. The third-order valence-electron chi connectivity index (χ3n) is 6.13. The Morgan fingerprint density at radius 1 is 0.943 bits per heavy atom. The third-order valence-corrected chi connectivity index (χ3v) is 6.13. The number of hydrogen-bond acceptors (Lipinski definition) is 3. The molecule has 35 heavy (non-hydrogen) atoms. The first-order chi connectivity index (χ1) is 17.1. The van der Waals surface area contributed by atoms with Gasteiger partial charge in [0.2, 0.25) is 17.8 Å². The lowest BCUT2D eigenvalue weighted by molar-refractivity contribution is -0.136. The zero-order valence-corrected chi connectivity index (χ0v) is 19.7. The van der Waals surface area contributed by atoms with Crippen molar-refractivity contribution in [3.05, 3.63) is 102 Å². The van der Waals surface area contributed by atoms with E-state index < -0.39 is 0 Å². The van der Waals surface area contributed by atoms with Crippen molar-refractivity contribution in [2.24, 2.45) is 5.92 Å². The number of anilines is 1. The van der Waals surface area contributed by atoms with E-state index in [1.54, 1.807) is 4.90 Å². The van der Waals surface area contributed by atoms with Crippen LogP contribution in [0.15, 0.2) is 91.1 Å². The lowest BCUT2D eigenvalue weighted by atomic mass is 10.2. The van der Waals surface area contributed by atoms with Crippen LogP contribution in [0.2, 0.25) is 0 Å².